The lowest BCUT2D eigenvalue weighted by atomic mass is 10.2. The molecular weight excluding hydrogens is 255 g/mol. The van der Waals surface area contributed by atoms with Gasteiger partial charge in [0.15, 0.2) is 0 Å². The van der Waals surface area contributed by atoms with Crippen molar-refractivity contribution >= 4 is 5.69 Å². The van der Waals surface area contributed by atoms with Crippen molar-refractivity contribution in [2.75, 3.05) is 31.1 Å². The number of H-pyrrole nitrogens is 1. The van der Waals surface area contributed by atoms with Crippen LogP contribution in [-0.2, 0) is 6.54 Å². The van der Waals surface area contributed by atoms with Crippen molar-refractivity contribution in [1.29, 1.82) is 0 Å². The van der Waals surface area contributed by atoms with Gasteiger partial charge >= 0.3 is 0 Å². The van der Waals surface area contributed by atoms with Crippen LogP contribution in [-0.4, -0.2) is 41.0 Å². The van der Waals surface area contributed by atoms with E-state index in [0.29, 0.717) is 0 Å². The molecule has 3 rings (SSSR count). The molecule has 0 atom stereocenters. The van der Waals surface area contributed by atoms with Crippen LogP contribution >= 0.6 is 0 Å². The zero-order valence-corrected chi connectivity index (χ0v) is 11.4. The van der Waals surface area contributed by atoms with Gasteiger partial charge in [0.1, 0.15) is 11.6 Å². The van der Waals surface area contributed by atoms with Crippen LogP contribution in [0.5, 0.6) is 0 Å². The number of nitrogens with zero attached hydrogens (tertiary/aromatic N) is 3. The Labute approximate surface area is 118 Å². The molecule has 0 unspecified atom stereocenters. The lowest BCUT2D eigenvalue weighted by Gasteiger charge is -2.23. The first kappa shape index (κ1) is 13.1. The van der Waals surface area contributed by atoms with E-state index < -0.39 is 0 Å². The SMILES string of the molecule is Fc1ccc(N2CCCN(Cc3ncc[nH]3)CC2)cc1. The molecule has 1 N–H and O–H groups in total. The maximum Gasteiger partial charge on any atom is 0.123 e. The van der Waals surface area contributed by atoms with Crippen LogP contribution in [0, 0.1) is 5.82 Å². The molecule has 0 spiro atoms. The molecule has 2 aromatic rings. The van der Waals surface area contributed by atoms with Crippen LogP contribution in [0.25, 0.3) is 0 Å². The molecule has 1 aromatic heterocycles. The number of rotatable bonds is 3. The minimum Gasteiger partial charge on any atom is -0.370 e. The van der Waals surface area contributed by atoms with Crippen molar-refractivity contribution in [1.82, 2.24) is 14.9 Å². The highest BCUT2D eigenvalue weighted by atomic mass is 19.1. The molecule has 1 aliphatic heterocycles. The van der Waals surface area contributed by atoms with Gasteiger partial charge in [0, 0.05) is 44.3 Å². The molecule has 0 radical (unpaired) electrons. The Hall–Kier alpha value is -1.88. The molecule has 1 saturated heterocycles. The van der Waals surface area contributed by atoms with Gasteiger partial charge in [-0.2, -0.15) is 0 Å². The van der Waals surface area contributed by atoms with Crippen molar-refractivity contribution in [2.24, 2.45) is 0 Å². The van der Waals surface area contributed by atoms with Crippen LogP contribution in [0.3, 0.4) is 0 Å². The number of aromatic nitrogens is 2. The summed E-state index contributed by atoms with van der Waals surface area (Å²) in [5, 5.41) is 0. The third kappa shape index (κ3) is 3.17. The van der Waals surface area contributed by atoms with Gasteiger partial charge in [0.05, 0.1) is 6.54 Å². The predicted molar refractivity (Wildman–Crippen MR) is 77.1 cm³/mol. The van der Waals surface area contributed by atoms with Crippen molar-refractivity contribution < 1.29 is 4.39 Å². The quantitative estimate of drug-likeness (QED) is 0.932. The average Bonchev–Trinajstić information content (AvgIpc) is 2.85. The van der Waals surface area contributed by atoms with E-state index in [1.54, 1.807) is 6.20 Å². The third-order valence-corrected chi connectivity index (χ3v) is 3.71. The number of hydrogen-bond donors (Lipinski definition) is 1. The van der Waals surface area contributed by atoms with Crippen molar-refractivity contribution in [3.63, 3.8) is 0 Å². The first-order valence-corrected chi connectivity index (χ1v) is 7.02. The Morgan fingerprint density at radius 2 is 1.95 bits per heavy atom. The van der Waals surface area contributed by atoms with Crippen LogP contribution in [0.4, 0.5) is 10.1 Å². The maximum atomic E-state index is 13.0. The Kier molecular flexibility index (Phi) is 3.97. The third-order valence-electron chi connectivity index (χ3n) is 3.71. The van der Waals surface area contributed by atoms with Crippen molar-refractivity contribution in [2.45, 2.75) is 13.0 Å². The molecule has 4 nitrogen and oxygen atoms in total. The summed E-state index contributed by atoms with van der Waals surface area (Å²) in [4.78, 5) is 12.1. The smallest absolute Gasteiger partial charge is 0.123 e. The summed E-state index contributed by atoms with van der Waals surface area (Å²) in [5.41, 5.74) is 1.10. The van der Waals surface area contributed by atoms with Gasteiger partial charge in [-0.15, -0.1) is 0 Å². The van der Waals surface area contributed by atoms with Crippen LogP contribution < -0.4 is 4.90 Å². The zero-order valence-electron chi connectivity index (χ0n) is 11.4. The normalized spacial score (nSPS) is 17.1. The van der Waals surface area contributed by atoms with Gasteiger partial charge in [-0.1, -0.05) is 0 Å². The Balaban J connectivity index is 1.60. The maximum absolute atomic E-state index is 13.0. The summed E-state index contributed by atoms with van der Waals surface area (Å²) < 4.78 is 13.0. The fraction of sp³-hybridized carbons (Fsp3) is 0.400. The molecule has 0 amide bonds. The van der Waals surface area contributed by atoms with Gasteiger partial charge in [-0.05, 0) is 30.7 Å². The second kappa shape index (κ2) is 6.05. The second-order valence-corrected chi connectivity index (χ2v) is 5.13. The number of nitrogens with one attached hydrogen (secondary N) is 1. The van der Waals surface area contributed by atoms with Crippen molar-refractivity contribution in [3.05, 3.63) is 48.3 Å². The Morgan fingerprint density at radius 1 is 1.10 bits per heavy atom. The summed E-state index contributed by atoms with van der Waals surface area (Å²) >= 11 is 0. The van der Waals surface area contributed by atoms with Gasteiger partial charge in [-0.25, -0.2) is 9.37 Å². The van der Waals surface area contributed by atoms with E-state index in [2.05, 4.69) is 19.8 Å². The predicted octanol–water partition coefficient (Wildman–Crippen LogP) is 2.26. The lowest BCUT2D eigenvalue weighted by Crippen LogP contribution is -2.30. The van der Waals surface area contributed by atoms with Gasteiger partial charge in [0.2, 0.25) is 0 Å². The van der Waals surface area contributed by atoms with E-state index in [1.165, 1.54) is 12.1 Å². The van der Waals surface area contributed by atoms with Crippen LogP contribution in [0.15, 0.2) is 36.7 Å². The molecule has 106 valence electrons. The topological polar surface area (TPSA) is 35.2 Å². The molecule has 1 aromatic carbocycles. The number of hydrogen-bond acceptors (Lipinski definition) is 3. The monoisotopic (exact) mass is 274 g/mol. The summed E-state index contributed by atoms with van der Waals surface area (Å²) in [7, 11) is 0. The molecule has 0 aliphatic carbocycles. The first-order chi connectivity index (χ1) is 9.81. The first-order valence-electron chi connectivity index (χ1n) is 7.02. The molecule has 5 heteroatoms. The Morgan fingerprint density at radius 3 is 2.70 bits per heavy atom. The molecule has 1 fully saturated rings. The summed E-state index contributed by atoms with van der Waals surface area (Å²) in [5.74, 6) is 0.836. The van der Waals surface area contributed by atoms with E-state index >= 15 is 0 Å². The van der Waals surface area contributed by atoms with E-state index in [9.17, 15) is 4.39 Å². The van der Waals surface area contributed by atoms with Crippen LogP contribution in [0.1, 0.15) is 12.2 Å². The molecular formula is C15H19FN4. The summed E-state index contributed by atoms with van der Waals surface area (Å²) in [6.07, 6.45) is 4.76. The van der Waals surface area contributed by atoms with Crippen LogP contribution in [0.2, 0.25) is 0 Å². The molecule has 0 saturated carbocycles. The van der Waals surface area contributed by atoms with Gasteiger partial charge in [-0.3, -0.25) is 4.90 Å². The molecule has 0 bridgehead atoms. The number of imidazole rings is 1. The molecule has 2 heterocycles. The fourth-order valence-corrected chi connectivity index (χ4v) is 2.64. The van der Waals surface area contributed by atoms with E-state index in [-0.39, 0.29) is 5.82 Å². The highest BCUT2D eigenvalue weighted by molar-refractivity contribution is 5.46. The lowest BCUT2D eigenvalue weighted by molar-refractivity contribution is 0.279. The number of anilines is 1. The molecule has 20 heavy (non-hydrogen) atoms. The van der Waals surface area contributed by atoms with Gasteiger partial charge < -0.3 is 9.88 Å². The Bertz CT molecular complexity index is 523. The highest BCUT2D eigenvalue weighted by Gasteiger charge is 2.15. The highest BCUT2D eigenvalue weighted by Crippen LogP contribution is 2.17. The zero-order chi connectivity index (χ0) is 13.8. The van der Waals surface area contributed by atoms with E-state index in [4.69, 9.17) is 0 Å². The summed E-state index contributed by atoms with van der Waals surface area (Å²) in [6, 6.07) is 6.77. The largest absolute Gasteiger partial charge is 0.370 e. The number of benzene rings is 1. The standard InChI is InChI=1S/C15H19FN4/c16-13-2-4-14(5-3-13)20-9-1-8-19(10-11-20)12-15-17-6-7-18-15/h2-7H,1,8-12H2,(H,17,18). The molecule has 1 aliphatic rings. The van der Waals surface area contributed by atoms with Gasteiger partial charge in [0.25, 0.3) is 0 Å². The second-order valence-electron chi connectivity index (χ2n) is 5.13. The number of aromatic amines is 1. The fourth-order valence-electron chi connectivity index (χ4n) is 2.64. The number of halogens is 1. The van der Waals surface area contributed by atoms with Crippen molar-refractivity contribution in [3.8, 4) is 0 Å². The van der Waals surface area contributed by atoms with E-state index in [0.717, 1.165) is 50.7 Å². The summed E-state index contributed by atoms with van der Waals surface area (Å²) in [6.45, 7) is 4.91. The minimum atomic E-state index is -0.178. The van der Waals surface area contributed by atoms with E-state index in [1.807, 2.05) is 18.3 Å². The minimum absolute atomic E-state index is 0.178. The average molecular weight is 274 g/mol.